The predicted molar refractivity (Wildman–Crippen MR) is 103 cm³/mol. The monoisotopic (exact) mass is 364 g/mol. The summed E-state index contributed by atoms with van der Waals surface area (Å²) < 4.78 is 0.573. The molecule has 2 aromatic heterocycles. The zero-order valence-electron chi connectivity index (χ0n) is 15.0. The van der Waals surface area contributed by atoms with Crippen molar-refractivity contribution in [2.45, 2.75) is 6.92 Å². The number of aromatic nitrogens is 2. The molecule has 0 saturated carbocycles. The van der Waals surface area contributed by atoms with Crippen LogP contribution in [-0.2, 0) is 4.79 Å². The van der Waals surface area contributed by atoms with Crippen LogP contribution in [-0.4, -0.2) is 51.9 Å². The van der Waals surface area contributed by atoms with E-state index in [1.165, 1.54) is 6.07 Å². The van der Waals surface area contributed by atoms with Crippen molar-refractivity contribution in [3.05, 3.63) is 59.0 Å². The summed E-state index contributed by atoms with van der Waals surface area (Å²) >= 11 is 0. The Labute approximate surface area is 156 Å². The molecule has 7 nitrogen and oxygen atoms in total. The molecule has 0 unspecified atom stereocenters. The van der Waals surface area contributed by atoms with Crippen LogP contribution in [0.2, 0.25) is 0 Å². The number of fused-ring (bicyclic) bond motifs is 1. The average molecular weight is 364 g/mol. The smallest absolute Gasteiger partial charge is 0.285 e. The van der Waals surface area contributed by atoms with Gasteiger partial charge in [0.15, 0.2) is 5.65 Å². The number of hydrogen-bond acceptors (Lipinski definition) is 5. The first kappa shape index (κ1) is 17.1. The maximum absolute atomic E-state index is 12.1. The van der Waals surface area contributed by atoms with Crippen LogP contribution in [0.5, 0.6) is 0 Å². The summed E-state index contributed by atoms with van der Waals surface area (Å²) in [5, 5.41) is 10.7. The van der Waals surface area contributed by atoms with Gasteiger partial charge in [-0.2, -0.15) is 0 Å². The predicted octanol–water partition coefficient (Wildman–Crippen LogP) is 1.97. The van der Waals surface area contributed by atoms with E-state index in [1.54, 1.807) is 19.2 Å². The summed E-state index contributed by atoms with van der Waals surface area (Å²) in [6.45, 7) is 4.53. The molecule has 7 heteroatoms. The SMILES string of the molecule is CC(=O)N1CCN(c2cccc(-c3cc(=O)n(O)c4ncccc34)c2)CC1. The molecule has 138 valence electrons. The number of nitrogens with zero attached hydrogens (tertiary/aromatic N) is 4. The van der Waals surface area contributed by atoms with Crippen molar-refractivity contribution in [2.24, 2.45) is 0 Å². The Morgan fingerprint density at radius 1 is 1.07 bits per heavy atom. The average Bonchev–Trinajstić information content (AvgIpc) is 2.71. The molecule has 0 spiro atoms. The summed E-state index contributed by atoms with van der Waals surface area (Å²) in [5.41, 5.74) is 2.38. The molecular weight excluding hydrogens is 344 g/mol. The highest BCUT2D eigenvalue weighted by molar-refractivity contribution is 5.93. The summed E-state index contributed by atoms with van der Waals surface area (Å²) in [4.78, 5) is 31.9. The fourth-order valence-corrected chi connectivity index (χ4v) is 3.53. The van der Waals surface area contributed by atoms with E-state index in [0.29, 0.717) is 23.2 Å². The van der Waals surface area contributed by atoms with E-state index >= 15 is 0 Å². The molecule has 1 aliphatic heterocycles. The Kier molecular flexibility index (Phi) is 4.27. The molecule has 1 saturated heterocycles. The summed E-state index contributed by atoms with van der Waals surface area (Å²) in [6.07, 6.45) is 1.54. The molecular formula is C20H20N4O3. The second-order valence-corrected chi connectivity index (χ2v) is 6.63. The van der Waals surface area contributed by atoms with E-state index in [0.717, 1.165) is 29.9 Å². The number of carbonyl (C=O) groups excluding carboxylic acids is 1. The van der Waals surface area contributed by atoms with Crippen molar-refractivity contribution >= 4 is 22.6 Å². The highest BCUT2D eigenvalue weighted by Gasteiger charge is 2.19. The van der Waals surface area contributed by atoms with Crippen LogP contribution >= 0.6 is 0 Å². The lowest BCUT2D eigenvalue weighted by molar-refractivity contribution is -0.129. The van der Waals surface area contributed by atoms with Crippen LogP contribution in [0.15, 0.2) is 53.5 Å². The first-order valence-electron chi connectivity index (χ1n) is 8.85. The van der Waals surface area contributed by atoms with Gasteiger partial charge in [-0.3, -0.25) is 9.59 Å². The van der Waals surface area contributed by atoms with Gasteiger partial charge in [-0.15, -0.1) is 4.73 Å². The van der Waals surface area contributed by atoms with Gasteiger partial charge < -0.3 is 15.0 Å². The molecule has 3 aromatic rings. The Bertz CT molecular complexity index is 1070. The number of amides is 1. The topological polar surface area (TPSA) is 78.7 Å². The molecule has 0 radical (unpaired) electrons. The lowest BCUT2D eigenvalue weighted by atomic mass is 10.0. The maximum Gasteiger partial charge on any atom is 0.285 e. The van der Waals surface area contributed by atoms with Gasteiger partial charge in [-0.25, -0.2) is 4.98 Å². The number of anilines is 1. The number of piperazine rings is 1. The van der Waals surface area contributed by atoms with Gasteiger partial charge in [0, 0.05) is 56.4 Å². The fourth-order valence-electron chi connectivity index (χ4n) is 3.53. The van der Waals surface area contributed by atoms with Crippen molar-refractivity contribution in [2.75, 3.05) is 31.1 Å². The molecule has 0 atom stereocenters. The van der Waals surface area contributed by atoms with E-state index in [4.69, 9.17) is 0 Å². The zero-order valence-corrected chi connectivity index (χ0v) is 15.0. The third-order valence-electron chi connectivity index (χ3n) is 5.00. The third-order valence-corrected chi connectivity index (χ3v) is 5.00. The molecule has 4 rings (SSSR count). The van der Waals surface area contributed by atoms with E-state index in [2.05, 4.69) is 9.88 Å². The van der Waals surface area contributed by atoms with Crippen molar-refractivity contribution in [3.8, 4) is 11.1 Å². The fraction of sp³-hybridized carbons (Fsp3) is 0.250. The highest BCUT2D eigenvalue weighted by atomic mass is 16.5. The normalized spacial score (nSPS) is 14.6. The Balaban J connectivity index is 1.72. The first-order chi connectivity index (χ1) is 13.0. The van der Waals surface area contributed by atoms with Gasteiger partial charge in [0.2, 0.25) is 5.91 Å². The Hall–Kier alpha value is -3.35. The zero-order chi connectivity index (χ0) is 19.0. The summed E-state index contributed by atoms with van der Waals surface area (Å²) in [5.74, 6) is 0.104. The molecule has 27 heavy (non-hydrogen) atoms. The van der Waals surface area contributed by atoms with E-state index in [9.17, 15) is 14.8 Å². The lowest BCUT2D eigenvalue weighted by Crippen LogP contribution is -2.48. The number of carbonyl (C=O) groups is 1. The highest BCUT2D eigenvalue weighted by Crippen LogP contribution is 2.29. The third kappa shape index (κ3) is 3.12. The second-order valence-electron chi connectivity index (χ2n) is 6.63. The largest absolute Gasteiger partial charge is 0.423 e. The van der Waals surface area contributed by atoms with Crippen molar-refractivity contribution in [1.82, 2.24) is 14.6 Å². The number of pyridine rings is 2. The Morgan fingerprint density at radius 2 is 1.85 bits per heavy atom. The first-order valence-corrected chi connectivity index (χ1v) is 8.85. The molecule has 1 aromatic carbocycles. The van der Waals surface area contributed by atoms with Gasteiger partial charge in [0.1, 0.15) is 0 Å². The van der Waals surface area contributed by atoms with E-state index in [1.807, 2.05) is 35.2 Å². The quantitative estimate of drug-likeness (QED) is 0.704. The van der Waals surface area contributed by atoms with Crippen LogP contribution in [0.25, 0.3) is 22.2 Å². The molecule has 1 aliphatic rings. The van der Waals surface area contributed by atoms with Gasteiger partial charge in [0.05, 0.1) is 0 Å². The van der Waals surface area contributed by atoms with Gasteiger partial charge >= 0.3 is 0 Å². The minimum Gasteiger partial charge on any atom is -0.423 e. The number of hydrogen-bond donors (Lipinski definition) is 1. The minimum atomic E-state index is -0.517. The molecule has 0 bridgehead atoms. The molecule has 1 N–H and O–H groups in total. The van der Waals surface area contributed by atoms with Gasteiger partial charge in [-0.1, -0.05) is 12.1 Å². The standard InChI is InChI=1S/C20H20N4O3/c1-14(25)22-8-10-23(11-9-22)16-5-2-4-15(12-16)18-13-19(26)24(27)20-17(18)6-3-7-21-20/h2-7,12-13,27H,8-11H2,1H3. The van der Waals surface area contributed by atoms with Gasteiger partial charge in [-0.05, 0) is 35.4 Å². The minimum absolute atomic E-state index is 0.104. The van der Waals surface area contributed by atoms with Crippen LogP contribution in [0, 0.1) is 0 Å². The van der Waals surface area contributed by atoms with Crippen LogP contribution in [0.1, 0.15) is 6.92 Å². The van der Waals surface area contributed by atoms with Crippen molar-refractivity contribution in [3.63, 3.8) is 0 Å². The van der Waals surface area contributed by atoms with E-state index in [-0.39, 0.29) is 11.6 Å². The van der Waals surface area contributed by atoms with Crippen molar-refractivity contribution in [1.29, 1.82) is 0 Å². The molecule has 3 heterocycles. The molecule has 1 amide bonds. The van der Waals surface area contributed by atoms with Gasteiger partial charge in [0.25, 0.3) is 5.56 Å². The van der Waals surface area contributed by atoms with Crippen LogP contribution in [0.4, 0.5) is 5.69 Å². The number of benzene rings is 1. The summed E-state index contributed by atoms with van der Waals surface area (Å²) in [7, 11) is 0. The maximum atomic E-state index is 12.1. The van der Waals surface area contributed by atoms with Crippen LogP contribution < -0.4 is 10.5 Å². The molecule has 0 aliphatic carbocycles. The van der Waals surface area contributed by atoms with Crippen LogP contribution in [0.3, 0.4) is 0 Å². The summed E-state index contributed by atoms with van der Waals surface area (Å²) in [6, 6.07) is 13.0. The second kappa shape index (κ2) is 6.75. The van der Waals surface area contributed by atoms with Crippen molar-refractivity contribution < 1.29 is 10.0 Å². The van der Waals surface area contributed by atoms with E-state index < -0.39 is 5.56 Å². The Morgan fingerprint density at radius 3 is 2.59 bits per heavy atom. The number of rotatable bonds is 2. The lowest BCUT2D eigenvalue weighted by Gasteiger charge is -2.35. The molecule has 1 fully saturated rings.